The van der Waals surface area contributed by atoms with Gasteiger partial charge in [-0.2, -0.15) is 4.36 Å². The van der Waals surface area contributed by atoms with Gasteiger partial charge in [-0.3, -0.25) is 0 Å². The van der Waals surface area contributed by atoms with E-state index in [1.165, 1.54) is 7.11 Å². The summed E-state index contributed by atoms with van der Waals surface area (Å²) in [7, 11) is -0.604. The molecule has 0 saturated heterocycles. The number of anilines is 1. The molecule has 0 heterocycles. The first-order chi connectivity index (χ1) is 6.42. The van der Waals surface area contributed by atoms with Crippen LogP contribution in [0.3, 0.4) is 0 Å². The smallest absolute Gasteiger partial charge is 0.143 e. The van der Waals surface area contributed by atoms with E-state index in [4.69, 9.17) is 10.5 Å². The Morgan fingerprint density at radius 2 is 2.07 bits per heavy atom. The number of benzene rings is 1. The molecule has 0 bridgehead atoms. The van der Waals surface area contributed by atoms with E-state index in [0.717, 1.165) is 0 Å². The third-order valence-corrected chi connectivity index (χ3v) is 2.19. The third kappa shape index (κ3) is 2.92. The molecule has 0 aliphatic heterocycles. The molecular formula is C9H14N2O2S. The standard InChI is InChI=1S/C9H14N2O2S/c1-13-9-6-7(4-5-8(9)10)11-14(2,3)12/h4-6H,10H2,1-3H3. The van der Waals surface area contributed by atoms with E-state index in [0.29, 0.717) is 17.1 Å². The molecule has 0 atom stereocenters. The molecule has 78 valence electrons. The SMILES string of the molecule is COc1cc(N=S(C)(C)=O)ccc1N. The molecule has 5 heteroatoms. The number of ether oxygens (including phenoxy) is 1. The van der Waals surface area contributed by atoms with Crippen LogP contribution in [0.5, 0.6) is 5.75 Å². The molecule has 0 aromatic heterocycles. The molecule has 0 spiro atoms. The first-order valence-electron chi connectivity index (χ1n) is 4.03. The van der Waals surface area contributed by atoms with Gasteiger partial charge in [0.05, 0.1) is 18.5 Å². The van der Waals surface area contributed by atoms with Gasteiger partial charge in [-0.1, -0.05) is 0 Å². The Balaban J connectivity index is 3.21. The summed E-state index contributed by atoms with van der Waals surface area (Å²) < 4.78 is 20.5. The minimum atomic E-state index is -2.14. The monoisotopic (exact) mass is 214 g/mol. The Bertz CT molecular complexity index is 440. The Morgan fingerprint density at radius 3 is 2.57 bits per heavy atom. The van der Waals surface area contributed by atoms with Crippen molar-refractivity contribution in [2.45, 2.75) is 0 Å². The molecule has 0 amide bonds. The molecule has 14 heavy (non-hydrogen) atoms. The van der Waals surface area contributed by atoms with Crippen molar-refractivity contribution in [3.63, 3.8) is 0 Å². The van der Waals surface area contributed by atoms with E-state index in [1.54, 1.807) is 30.7 Å². The van der Waals surface area contributed by atoms with Crippen molar-refractivity contribution < 1.29 is 8.95 Å². The van der Waals surface area contributed by atoms with Gasteiger partial charge in [0, 0.05) is 28.3 Å². The van der Waals surface area contributed by atoms with Gasteiger partial charge in [-0.25, -0.2) is 4.21 Å². The van der Waals surface area contributed by atoms with Crippen molar-refractivity contribution in [3.8, 4) is 5.75 Å². The van der Waals surface area contributed by atoms with Gasteiger partial charge in [0.1, 0.15) is 5.75 Å². The second kappa shape index (κ2) is 3.88. The minimum absolute atomic E-state index is 0.546. The normalized spacial score (nSPS) is 11.1. The van der Waals surface area contributed by atoms with Gasteiger partial charge in [0.15, 0.2) is 0 Å². The van der Waals surface area contributed by atoms with Crippen molar-refractivity contribution in [2.24, 2.45) is 4.36 Å². The minimum Gasteiger partial charge on any atom is -0.495 e. The molecular weight excluding hydrogens is 200 g/mol. The van der Waals surface area contributed by atoms with Crippen molar-refractivity contribution in [1.82, 2.24) is 0 Å². The predicted octanol–water partition coefficient (Wildman–Crippen LogP) is 1.64. The van der Waals surface area contributed by atoms with Gasteiger partial charge in [0.2, 0.25) is 0 Å². The van der Waals surface area contributed by atoms with Crippen molar-refractivity contribution in [2.75, 3.05) is 25.4 Å². The first-order valence-corrected chi connectivity index (χ1v) is 6.36. The molecule has 2 N–H and O–H groups in total. The summed E-state index contributed by atoms with van der Waals surface area (Å²) >= 11 is 0. The average Bonchev–Trinajstić information content (AvgIpc) is 2.06. The quantitative estimate of drug-likeness (QED) is 0.761. The zero-order chi connectivity index (χ0) is 10.8. The largest absolute Gasteiger partial charge is 0.495 e. The Labute approximate surface area is 84.3 Å². The lowest BCUT2D eigenvalue weighted by molar-refractivity contribution is 0.417. The average molecular weight is 214 g/mol. The van der Waals surface area contributed by atoms with E-state index in [1.807, 2.05) is 0 Å². The first kappa shape index (κ1) is 10.8. The molecule has 1 rings (SSSR count). The van der Waals surface area contributed by atoms with Gasteiger partial charge >= 0.3 is 0 Å². The Kier molecular flexibility index (Phi) is 3.00. The van der Waals surface area contributed by atoms with Crippen LogP contribution in [-0.4, -0.2) is 23.8 Å². The highest BCUT2D eigenvalue weighted by Crippen LogP contribution is 2.27. The maximum Gasteiger partial charge on any atom is 0.143 e. The highest BCUT2D eigenvalue weighted by Gasteiger charge is 2.00. The summed E-state index contributed by atoms with van der Waals surface area (Å²) in [6.07, 6.45) is 3.16. The lowest BCUT2D eigenvalue weighted by atomic mass is 10.3. The Hall–Kier alpha value is -1.23. The maximum atomic E-state index is 11.4. The summed E-state index contributed by atoms with van der Waals surface area (Å²) in [6.45, 7) is 0. The number of hydrogen-bond acceptors (Lipinski definition) is 4. The molecule has 0 aliphatic carbocycles. The van der Waals surface area contributed by atoms with Gasteiger partial charge in [0.25, 0.3) is 0 Å². The summed E-state index contributed by atoms with van der Waals surface area (Å²) in [5, 5.41) is 0. The maximum absolute atomic E-state index is 11.4. The predicted molar refractivity (Wildman–Crippen MR) is 59.5 cm³/mol. The number of nitrogens with two attached hydrogens (primary N) is 1. The molecule has 4 nitrogen and oxygen atoms in total. The molecule has 0 aliphatic rings. The molecule has 0 unspecified atom stereocenters. The summed E-state index contributed by atoms with van der Waals surface area (Å²) in [5.74, 6) is 0.551. The third-order valence-electron chi connectivity index (χ3n) is 1.54. The highest BCUT2D eigenvalue weighted by atomic mass is 32.2. The fraction of sp³-hybridized carbons (Fsp3) is 0.333. The second-order valence-electron chi connectivity index (χ2n) is 3.20. The number of nitrogen functional groups attached to an aromatic ring is 1. The van der Waals surface area contributed by atoms with Crippen molar-refractivity contribution in [1.29, 1.82) is 0 Å². The van der Waals surface area contributed by atoms with Crippen molar-refractivity contribution >= 4 is 21.1 Å². The van der Waals surface area contributed by atoms with E-state index >= 15 is 0 Å². The lowest BCUT2D eigenvalue weighted by Crippen LogP contribution is -1.92. The van der Waals surface area contributed by atoms with Gasteiger partial charge in [-0.05, 0) is 12.1 Å². The number of hydrogen-bond donors (Lipinski definition) is 1. The zero-order valence-electron chi connectivity index (χ0n) is 8.48. The van der Waals surface area contributed by atoms with Gasteiger partial charge < -0.3 is 10.5 Å². The van der Waals surface area contributed by atoms with E-state index in [-0.39, 0.29) is 0 Å². The van der Waals surface area contributed by atoms with Crippen LogP contribution < -0.4 is 10.5 Å². The zero-order valence-corrected chi connectivity index (χ0v) is 9.30. The number of nitrogens with zero attached hydrogens (tertiary/aromatic N) is 1. The van der Waals surface area contributed by atoms with Gasteiger partial charge in [-0.15, -0.1) is 0 Å². The second-order valence-corrected chi connectivity index (χ2v) is 5.74. The van der Waals surface area contributed by atoms with Crippen LogP contribution in [0.25, 0.3) is 0 Å². The van der Waals surface area contributed by atoms with E-state index in [2.05, 4.69) is 4.36 Å². The number of methoxy groups -OCH3 is 1. The van der Waals surface area contributed by atoms with Crippen LogP contribution >= 0.6 is 0 Å². The summed E-state index contributed by atoms with van der Waals surface area (Å²) in [4.78, 5) is 0. The van der Waals surface area contributed by atoms with Crippen LogP contribution in [0, 0.1) is 0 Å². The fourth-order valence-electron chi connectivity index (χ4n) is 1.01. The molecule has 0 saturated carbocycles. The van der Waals surface area contributed by atoms with E-state index < -0.39 is 9.73 Å². The molecule has 0 radical (unpaired) electrons. The molecule has 1 aromatic carbocycles. The van der Waals surface area contributed by atoms with Crippen LogP contribution in [-0.2, 0) is 9.73 Å². The van der Waals surface area contributed by atoms with Crippen LogP contribution in [0.1, 0.15) is 0 Å². The topological polar surface area (TPSA) is 64.7 Å². The summed E-state index contributed by atoms with van der Waals surface area (Å²) in [6, 6.07) is 5.06. The number of rotatable bonds is 2. The molecule has 1 aromatic rings. The lowest BCUT2D eigenvalue weighted by Gasteiger charge is -2.04. The van der Waals surface area contributed by atoms with E-state index in [9.17, 15) is 4.21 Å². The van der Waals surface area contributed by atoms with Crippen LogP contribution in [0.4, 0.5) is 11.4 Å². The van der Waals surface area contributed by atoms with Crippen LogP contribution in [0.15, 0.2) is 22.6 Å². The summed E-state index contributed by atoms with van der Waals surface area (Å²) in [5.41, 5.74) is 6.79. The molecule has 0 fully saturated rings. The highest BCUT2D eigenvalue weighted by molar-refractivity contribution is 7.92. The van der Waals surface area contributed by atoms with Crippen molar-refractivity contribution in [3.05, 3.63) is 18.2 Å². The van der Waals surface area contributed by atoms with Crippen LogP contribution in [0.2, 0.25) is 0 Å². The fourth-order valence-corrected chi connectivity index (χ4v) is 1.63. The Morgan fingerprint density at radius 1 is 1.43 bits per heavy atom.